The summed E-state index contributed by atoms with van der Waals surface area (Å²) in [4.78, 5) is 0. The molecule has 0 aliphatic rings. The van der Waals surface area contributed by atoms with Gasteiger partial charge in [-0.1, -0.05) is 5.92 Å². The second-order valence-electron chi connectivity index (χ2n) is 1.35. The summed E-state index contributed by atoms with van der Waals surface area (Å²) in [6, 6.07) is 0. The van der Waals surface area contributed by atoms with Crippen molar-refractivity contribution in [2.24, 2.45) is 0 Å². The highest BCUT2D eigenvalue weighted by Gasteiger charge is 1.77. The Morgan fingerprint density at radius 1 is 1.62 bits per heavy atom. The molecule has 0 spiro atoms. The Kier molecular flexibility index (Phi) is 3.78. The van der Waals surface area contributed by atoms with Crippen molar-refractivity contribution in [3.8, 4) is 12.0 Å². The largest absolute Gasteiger partial charge is 0.413 e. The predicted molar refractivity (Wildman–Crippen MR) is 34.0 cm³/mol. The van der Waals surface area contributed by atoms with E-state index in [-0.39, 0.29) is 0 Å². The number of ether oxygens (including phenoxy) is 1. The lowest BCUT2D eigenvalue weighted by atomic mass is 10.5. The van der Waals surface area contributed by atoms with Crippen LogP contribution >= 0.6 is 0 Å². The smallest absolute Gasteiger partial charge is 0.115 e. The van der Waals surface area contributed by atoms with Crippen LogP contribution in [0.15, 0.2) is 11.8 Å². The first kappa shape index (κ1) is 7.10. The van der Waals surface area contributed by atoms with Gasteiger partial charge in [-0.3, -0.25) is 0 Å². The van der Waals surface area contributed by atoms with Crippen LogP contribution in [0.25, 0.3) is 0 Å². The van der Waals surface area contributed by atoms with Gasteiger partial charge < -0.3 is 4.74 Å². The lowest BCUT2D eigenvalue weighted by Gasteiger charge is -1.90. The molecule has 0 radical (unpaired) electrons. The van der Waals surface area contributed by atoms with Gasteiger partial charge in [0.25, 0.3) is 0 Å². The lowest BCUT2D eigenvalue weighted by molar-refractivity contribution is 0.386. The third-order valence-electron chi connectivity index (χ3n) is 0.721. The number of hydrogen-bond acceptors (Lipinski definition) is 1. The van der Waals surface area contributed by atoms with E-state index in [1.165, 1.54) is 0 Å². The fourth-order valence-corrected chi connectivity index (χ4v) is 0.190. The molecule has 0 aliphatic carbocycles. The minimum Gasteiger partial charge on any atom is -0.413 e. The van der Waals surface area contributed by atoms with Gasteiger partial charge in [-0.15, -0.1) is 0 Å². The van der Waals surface area contributed by atoms with Crippen LogP contribution < -0.4 is 0 Å². The van der Waals surface area contributed by atoms with Crippen molar-refractivity contribution in [1.82, 2.24) is 0 Å². The third-order valence-corrected chi connectivity index (χ3v) is 0.721. The molecule has 0 aromatic rings. The summed E-state index contributed by atoms with van der Waals surface area (Å²) in [5.41, 5.74) is 0. The van der Waals surface area contributed by atoms with E-state index in [0.29, 0.717) is 0 Å². The number of rotatable bonds is 1. The van der Waals surface area contributed by atoms with E-state index in [1.807, 2.05) is 19.9 Å². The van der Waals surface area contributed by atoms with Crippen LogP contribution in [-0.2, 0) is 4.74 Å². The van der Waals surface area contributed by atoms with Gasteiger partial charge in [0, 0.05) is 6.92 Å². The molecule has 0 fully saturated rings. The second kappa shape index (κ2) is 4.26. The van der Waals surface area contributed by atoms with Crippen LogP contribution in [0.1, 0.15) is 20.8 Å². The standard InChI is InChI=1S/C7H10O/c1-4-6-8-7(3)5-2/h5H,1-3H3/b7-5+. The van der Waals surface area contributed by atoms with E-state index < -0.39 is 0 Å². The molecule has 0 unspecified atom stereocenters. The summed E-state index contributed by atoms with van der Waals surface area (Å²) < 4.78 is 4.84. The third kappa shape index (κ3) is 3.30. The summed E-state index contributed by atoms with van der Waals surface area (Å²) in [6.07, 6.45) is 4.35. The highest BCUT2D eigenvalue weighted by molar-refractivity contribution is 4.94. The molecule has 0 atom stereocenters. The van der Waals surface area contributed by atoms with Gasteiger partial charge >= 0.3 is 0 Å². The van der Waals surface area contributed by atoms with Crippen molar-refractivity contribution < 1.29 is 4.74 Å². The Morgan fingerprint density at radius 3 is 2.62 bits per heavy atom. The summed E-state index contributed by atoms with van der Waals surface area (Å²) >= 11 is 0. The molecular weight excluding hydrogens is 100 g/mol. The molecule has 0 heterocycles. The molecule has 0 aromatic heterocycles. The maximum Gasteiger partial charge on any atom is 0.115 e. The van der Waals surface area contributed by atoms with Crippen molar-refractivity contribution in [3.63, 3.8) is 0 Å². The first-order valence-electron chi connectivity index (χ1n) is 2.52. The van der Waals surface area contributed by atoms with Crippen molar-refractivity contribution in [2.75, 3.05) is 0 Å². The van der Waals surface area contributed by atoms with Gasteiger partial charge in [-0.05, 0) is 19.9 Å². The summed E-state index contributed by atoms with van der Waals surface area (Å²) in [5.74, 6) is 3.47. The van der Waals surface area contributed by atoms with Crippen LogP contribution in [-0.4, -0.2) is 0 Å². The van der Waals surface area contributed by atoms with Crippen molar-refractivity contribution in [2.45, 2.75) is 20.8 Å². The van der Waals surface area contributed by atoms with E-state index in [2.05, 4.69) is 12.0 Å². The monoisotopic (exact) mass is 110 g/mol. The first-order valence-corrected chi connectivity index (χ1v) is 2.52. The Morgan fingerprint density at radius 2 is 2.25 bits per heavy atom. The molecule has 1 heteroatoms. The van der Waals surface area contributed by atoms with Gasteiger partial charge in [0.15, 0.2) is 0 Å². The number of allylic oxidation sites excluding steroid dienone is 2. The fraction of sp³-hybridized carbons (Fsp3) is 0.429. The SMILES string of the molecule is CC#CO/C(C)=C/C. The molecule has 0 saturated carbocycles. The highest BCUT2D eigenvalue weighted by atomic mass is 16.5. The molecule has 1 nitrogen and oxygen atoms in total. The van der Waals surface area contributed by atoms with E-state index in [9.17, 15) is 0 Å². The van der Waals surface area contributed by atoms with Gasteiger partial charge in [0.05, 0.1) is 0 Å². The maximum atomic E-state index is 4.84. The average molecular weight is 110 g/mol. The zero-order valence-corrected chi connectivity index (χ0v) is 5.49. The minimum atomic E-state index is 0.847. The summed E-state index contributed by atoms with van der Waals surface area (Å²) in [5, 5.41) is 0. The van der Waals surface area contributed by atoms with Crippen LogP contribution in [0.4, 0.5) is 0 Å². The lowest BCUT2D eigenvalue weighted by Crippen LogP contribution is -1.74. The second-order valence-corrected chi connectivity index (χ2v) is 1.35. The van der Waals surface area contributed by atoms with Crippen molar-refractivity contribution >= 4 is 0 Å². The Bertz CT molecular complexity index is 134. The van der Waals surface area contributed by atoms with Crippen LogP contribution in [0.2, 0.25) is 0 Å². The molecule has 0 aliphatic heterocycles. The fourth-order valence-electron chi connectivity index (χ4n) is 0.190. The molecule has 0 bridgehead atoms. The molecule has 8 heavy (non-hydrogen) atoms. The average Bonchev–Trinajstić information content (AvgIpc) is 1.83. The van der Waals surface area contributed by atoms with Gasteiger partial charge in [0.2, 0.25) is 0 Å². The van der Waals surface area contributed by atoms with E-state index in [0.717, 1.165) is 5.76 Å². The first-order chi connectivity index (χ1) is 3.81. The van der Waals surface area contributed by atoms with Gasteiger partial charge in [0.1, 0.15) is 11.9 Å². The zero-order chi connectivity index (χ0) is 6.41. The minimum absolute atomic E-state index is 0.847. The van der Waals surface area contributed by atoms with Crippen molar-refractivity contribution in [1.29, 1.82) is 0 Å². The number of hydrogen-bond donors (Lipinski definition) is 0. The molecule has 0 amide bonds. The topological polar surface area (TPSA) is 9.23 Å². The van der Waals surface area contributed by atoms with Crippen molar-refractivity contribution in [3.05, 3.63) is 11.8 Å². The van der Waals surface area contributed by atoms with Crippen LogP contribution in [0.5, 0.6) is 0 Å². The summed E-state index contributed by atoms with van der Waals surface area (Å²) in [6.45, 7) is 5.51. The van der Waals surface area contributed by atoms with E-state index >= 15 is 0 Å². The maximum absolute atomic E-state index is 4.84. The van der Waals surface area contributed by atoms with E-state index in [1.54, 1.807) is 6.92 Å². The molecule has 44 valence electrons. The zero-order valence-electron chi connectivity index (χ0n) is 5.49. The van der Waals surface area contributed by atoms with Crippen LogP contribution in [0, 0.1) is 12.0 Å². The Hall–Kier alpha value is -0.900. The highest BCUT2D eigenvalue weighted by Crippen LogP contribution is 1.90. The molecule has 0 N–H and O–H groups in total. The Balaban J connectivity index is 3.51. The predicted octanol–water partition coefficient (Wildman–Crippen LogP) is 1.91. The van der Waals surface area contributed by atoms with Gasteiger partial charge in [-0.2, -0.15) is 0 Å². The molecule has 0 saturated heterocycles. The molecular formula is C7H10O. The Labute approximate surface area is 50.4 Å². The van der Waals surface area contributed by atoms with Crippen LogP contribution in [0.3, 0.4) is 0 Å². The van der Waals surface area contributed by atoms with Gasteiger partial charge in [-0.25, -0.2) is 0 Å². The van der Waals surface area contributed by atoms with E-state index in [4.69, 9.17) is 4.74 Å². The summed E-state index contributed by atoms with van der Waals surface area (Å²) in [7, 11) is 0. The molecule has 0 rings (SSSR count). The molecule has 0 aromatic carbocycles. The quantitative estimate of drug-likeness (QED) is 0.370. The normalized spacial score (nSPS) is 9.62.